The third kappa shape index (κ3) is 3.42. The summed E-state index contributed by atoms with van der Waals surface area (Å²) in [4.78, 5) is 0. The van der Waals surface area contributed by atoms with Crippen molar-refractivity contribution < 1.29 is 13.5 Å². The number of alkyl halides is 2. The summed E-state index contributed by atoms with van der Waals surface area (Å²) in [6.07, 6.45) is -1.52. The average Bonchev–Trinajstić information content (AvgIpc) is 2.18. The fourth-order valence-corrected chi connectivity index (χ4v) is 1.75. The van der Waals surface area contributed by atoms with E-state index in [1.54, 1.807) is 18.2 Å². The molecule has 1 aromatic carbocycles. The van der Waals surface area contributed by atoms with Crippen LogP contribution in [-0.2, 0) is 11.2 Å². The molecule has 1 aromatic rings. The van der Waals surface area contributed by atoms with E-state index in [9.17, 15) is 8.78 Å². The van der Waals surface area contributed by atoms with E-state index >= 15 is 0 Å². The topological polar surface area (TPSA) is 9.23 Å². The van der Waals surface area contributed by atoms with E-state index in [4.69, 9.17) is 16.3 Å². The molecule has 0 saturated heterocycles. The summed E-state index contributed by atoms with van der Waals surface area (Å²) >= 11 is 5.73. The van der Waals surface area contributed by atoms with Crippen LogP contribution >= 0.6 is 11.6 Å². The molecular formula is C12H14ClF2O. The minimum absolute atomic E-state index is 0.0318. The van der Waals surface area contributed by atoms with E-state index in [2.05, 4.69) is 6.92 Å². The quantitative estimate of drug-likeness (QED) is 0.770. The molecule has 1 atom stereocenters. The maximum atomic E-state index is 13.7. The maximum Gasteiger partial charge on any atom is 0.277 e. The summed E-state index contributed by atoms with van der Waals surface area (Å²) in [5.74, 6) is -2.93. The van der Waals surface area contributed by atoms with Crippen molar-refractivity contribution in [3.05, 3.63) is 41.8 Å². The average molecular weight is 248 g/mol. The number of halogens is 3. The van der Waals surface area contributed by atoms with Gasteiger partial charge in [0.05, 0.1) is 0 Å². The van der Waals surface area contributed by atoms with Gasteiger partial charge in [0.15, 0.2) is 0 Å². The van der Waals surface area contributed by atoms with Crippen molar-refractivity contribution in [2.45, 2.75) is 24.9 Å². The van der Waals surface area contributed by atoms with E-state index in [0.29, 0.717) is 10.6 Å². The summed E-state index contributed by atoms with van der Waals surface area (Å²) in [6, 6.07) is 6.46. The Morgan fingerprint density at radius 3 is 2.69 bits per heavy atom. The Labute approximate surface area is 99.4 Å². The predicted molar refractivity (Wildman–Crippen MR) is 60.9 cm³/mol. The monoisotopic (exact) mass is 247 g/mol. The second-order valence-corrected chi connectivity index (χ2v) is 4.02. The van der Waals surface area contributed by atoms with Gasteiger partial charge in [0.25, 0.3) is 5.92 Å². The zero-order valence-electron chi connectivity index (χ0n) is 9.05. The van der Waals surface area contributed by atoms with Crippen LogP contribution in [0.15, 0.2) is 24.3 Å². The second-order valence-electron chi connectivity index (χ2n) is 3.58. The lowest BCUT2D eigenvalue weighted by Gasteiger charge is -2.24. The minimum atomic E-state index is -2.93. The van der Waals surface area contributed by atoms with Crippen molar-refractivity contribution in [3.8, 4) is 0 Å². The van der Waals surface area contributed by atoms with Crippen molar-refractivity contribution in [2.24, 2.45) is 0 Å². The number of hydrogen-bond donors (Lipinski definition) is 0. The smallest absolute Gasteiger partial charge is 0.277 e. The van der Waals surface area contributed by atoms with Crippen molar-refractivity contribution in [1.29, 1.82) is 0 Å². The summed E-state index contributed by atoms with van der Waals surface area (Å²) in [5.41, 5.74) is 0.494. The fraction of sp³-hybridized carbons (Fsp3) is 0.417. The second kappa shape index (κ2) is 5.60. The zero-order valence-corrected chi connectivity index (χ0v) is 9.81. The van der Waals surface area contributed by atoms with Gasteiger partial charge in [0.1, 0.15) is 6.10 Å². The molecule has 0 fully saturated rings. The van der Waals surface area contributed by atoms with Gasteiger partial charge in [-0.1, -0.05) is 30.7 Å². The molecule has 0 N–H and O–H groups in total. The Hall–Kier alpha value is -0.670. The van der Waals surface area contributed by atoms with Gasteiger partial charge in [-0.25, -0.2) is 8.78 Å². The van der Waals surface area contributed by atoms with Gasteiger partial charge in [-0.15, -0.1) is 0 Å². The Balaban J connectivity index is 2.79. The van der Waals surface area contributed by atoms with E-state index in [-0.39, 0.29) is 12.8 Å². The highest BCUT2D eigenvalue weighted by Crippen LogP contribution is 2.28. The van der Waals surface area contributed by atoms with Gasteiger partial charge in [-0.3, -0.25) is 0 Å². The van der Waals surface area contributed by atoms with Gasteiger partial charge in [-0.2, -0.15) is 0 Å². The SMILES string of the molecule is [CH2]CC(OC)C(F)(F)Cc1cccc(Cl)c1. The summed E-state index contributed by atoms with van der Waals surface area (Å²) in [6.45, 7) is 3.45. The van der Waals surface area contributed by atoms with Crippen LogP contribution in [0.5, 0.6) is 0 Å². The van der Waals surface area contributed by atoms with Crippen LogP contribution in [0.2, 0.25) is 5.02 Å². The molecule has 0 aliphatic carbocycles. The first-order valence-corrected chi connectivity index (χ1v) is 5.31. The van der Waals surface area contributed by atoms with E-state index in [1.165, 1.54) is 13.2 Å². The summed E-state index contributed by atoms with van der Waals surface area (Å²) < 4.78 is 32.1. The Morgan fingerprint density at radius 2 is 2.19 bits per heavy atom. The first-order chi connectivity index (χ1) is 7.49. The first-order valence-electron chi connectivity index (χ1n) is 4.94. The molecule has 16 heavy (non-hydrogen) atoms. The molecule has 0 spiro atoms. The van der Waals surface area contributed by atoms with Gasteiger partial charge < -0.3 is 4.74 Å². The summed E-state index contributed by atoms with van der Waals surface area (Å²) in [7, 11) is 1.27. The van der Waals surface area contributed by atoms with Crippen LogP contribution in [0.1, 0.15) is 12.0 Å². The highest BCUT2D eigenvalue weighted by atomic mass is 35.5. The van der Waals surface area contributed by atoms with Crippen molar-refractivity contribution in [2.75, 3.05) is 7.11 Å². The fourth-order valence-electron chi connectivity index (χ4n) is 1.53. The molecule has 89 valence electrons. The molecule has 1 nitrogen and oxygen atoms in total. The van der Waals surface area contributed by atoms with Gasteiger partial charge in [0.2, 0.25) is 0 Å². The molecule has 0 aliphatic rings. The van der Waals surface area contributed by atoms with Crippen molar-refractivity contribution in [1.82, 2.24) is 0 Å². The Kier molecular flexibility index (Phi) is 4.69. The van der Waals surface area contributed by atoms with E-state index in [1.807, 2.05) is 0 Å². The lowest BCUT2D eigenvalue weighted by Crippen LogP contribution is -2.36. The third-order valence-corrected chi connectivity index (χ3v) is 2.58. The third-order valence-electron chi connectivity index (χ3n) is 2.35. The minimum Gasteiger partial charge on any atom is -0.375 e. The van der Waals surface area contributed by atoms with Gasteiger partial charge in [0, 0.05) is 18.6 Å². The maximum absolute atomic E-state index is 13.7. The number of benzene rings is 1. The lowest BCUT2D eigenvalue weighted by molar-refractivity contribution is -0.121. The van der Waals surface area contributed by atoms with Crippen molar-refractivity contribution in [3.63, 3.8) is 0 Å². The van der Waals surface area contributed by atoms with E-state index < -0.39 is 12.0 Å². The molecule has 0 amide bonds. The van der Waals surface area contributed by atoms with Crippen LogP contribution in [-0.4, -0.2) is 19.1 Å². The highest BCUT2D eigenvalue weighted by molar-refractivity contribution is 6.30. The van der Waals surface area contributed by atoms with Crippen LogP contribution < -0.4 is 0 Å². The standard InChI is InChI=1S/C12H14ClF2O/c1-3-11(16-2)12(14,15)8-9-5-4-6-10(13)7-9/h4-7,11H,1,3,8H2,2H3. The molecule has 1 unspecified atom stereocenters. The molecule has 0 aliphatic heterocycles. The molecule has 0 aromatic heterocycles. The van der Waals surface area contributed by atoms with Gasteiger partial charge >= 0.3 is 0 Å². The first kappa shape index (κ1) is 13.4. The Morgan fingerprint density at radius 1 is 1.50 bits per heavy atom. The lowest BCUT2D eigenvalue weighted by atomic mass is 10.0. The molecular weight excluding hydrogens is 234 g/mol. The Bertz CT molecular complexity index is 338. The highest BCUT2D eigenvalue weighted by Gasteiger charge is 2.38. The molecule has 0 saturated carbocycles. The van der Waals surface area contributed by atoms with Crippen LogP contribution in [0.3, 0.4) is 0 Å². The molecule has 1 radical (unpaired) electrons. The zero-order chi connectivity index (χ0) is 12.2. The molecule has 0 heterocycles. The van der Waals surface area contributed by atoms with Crippen LogP contribution in [0, 0.1) is 6.92 Å². The molecule has 0 bridgehead atoms. The van der Waals surface area contributed by atoms with Crippen molar-refractivity contribution >= 4 is 11.6 Å². The van der Waals surface area contributed by atoms with Crippen LogP contribution in [0.4, 0.5) is 8.78 Å². The normalized spacial score (nSPS) is 13.8. The number of methoxy groups -OCH3 is 1. The summed E-state index contributed by atoms with van der Waals surface area (Å²) in [5, 5.41) is 0.455. The molecule has 4 heteroatoms. The van der Waals surface area contributed by atoms with E-state index in [0.717, 1.165) is 0 Å². The van der Waals surface area contributed by atoms with Gasteiger partial charge in [-0.05, 0) is 24.1 Å². The number of hydrogen-bond acceptors (Lipinski definition) is 1. The van der Waals surface area contributed by atoms with Crippen LogP contribution in [0.25, 0.3) is 0 Å². The largest absolute Gasteiger partial charge is 0.375 e. The number of rotatable bonds is 5. The predicted octanol–water partition coefficient (Wildman–Crippen LogP) is 3.76. The number of ether oxygens (including phenoxy) is 1. The molecule has 1 rings (SSSR count).